The largest absolute Gasteiger partial charge is 0.338 e. The van der Waals surface area contributed by atoms with E-state index in [4.69, 9.17) is 0 Å². The number of rotatable bonds is 7. The van der Waals surface area contributed by atoms with Crippen LogP contribution in [0.4, 0.5) is 46.8 Å². The number of piperazine rings is 1. The van der Waals surface area contributed by atoms with Crippen molar-refractivity contribution in [3.63, 3.8) is 0 Å². The van der Waals surface area contributed by atoms with Crippen LogP contribution in [0.2, 0.25) is 0 Å². The lowest BCUT2D eigenvalue weighted by Gasteiger charge is -2.34. The molecule has 0 aliphatic carbocycles. The molecule has 1 fully saturated rings. The molecule has 0 unspecified atom stereocenters. The van der Waals surface area contributed by atoms with Gasteiger partial charge in [-0.1, -0.05) is 30.3 Å². The van der Waals surface area contributed by atoms with E-state index in [0.717, 1.165) is 43.9 Å². The van der Waals surface area contributed by atoms with Gasteiger partial charge in [0.2, 0.25) is 17.8 Å². The molecule has 0 bridgehead atoms. The van der Waals surface area contributed by atoms with Gasteiger partial charge < -0.3 is 15.5 Å². The molecular formula is C26H23F4N7. The third kappa shape index (κ3) is 6.12. The molecule has 0 saturated carbocycles. The summed E-state index contributed by atoms with van der Waals surface area (Å²) in [5.74, 6) is -3.49. The molecule has 0 amide bonds. The van der Waals surface area contributed by atoms with E-state index in [1.165, 1.54) is 17.7 Å². The van der Waals surface area contributed by atoms with Crippen LogP contribution >= 0.6 is 0 Å². The molecule has 3 aromatic carbocycles. The summed E-state index contributed by atoms with van der Waals surface area (Å²) in [6.07, 6.45) is 0. The minimum atomic E-state index is -1.02. The molecule has 1 saturated heterocycles. The van der Waals surface area contributed by atoms with Crippen LogP contribution in [0.5, 0.6) is 0 Å². The van der Waals surface area contributed by atoms with Crippen LogP contribution in [-0.2, 0) is 6.54 Å². The fourth-order valence-electron chi connectivity index (χ4n) is 3.97. The van der Waals surface area contributed by atoms with Crippen molar-refractivity contribution in [1.29, 1.82) is 0 Å². The van der Waals surface area contributed by atoms with Crippen molar-refractivity contribution in [1.82, 2.24) is 19.9 Å². The van der Waals surface area contributed by atoms with Crippen molar-refractivity contribution in [2.24, 2.45) is 0 Å². The first kappa shape index (κ1) is 24.4. The summed E-state index contributed by atoms with van der Waals surface area (Å²) >= 11 is 0. The Morgan fingerprint density at radius 2 is 1.16 bits per heavy atom. The maximum atomic E-state index is 13.7. The summed E-state index contributed by atoms with van der Waals surface area (Å²) in [5.41, 5.74) is 1.71. The van der Waals surface area contributed by atoms with E-state index in [1.54, 1.807) is 0 Å². The first-order valence-corrected chi connectivity index (χ1v) is 11.6. The average molecular weight is 510 g/mol. The van der Waals surface area contributed by atoms with E-state index >= 15 is 0 Å². The minimum absolute atomic E-state index is 0.0767. The Bertz CT molecular complexity index is 1310. The lowest BCUT2D eigenvalue weighted by Crippen LogP contribution is -2.46. The average Bonchev–Trinajstić information content (AvgIpc) is 2.89. The first-order valence-electron chi connectivity index (χ1n) is 11.6. The monoisotopic (exact) mass is 509 g/mol. The number of aromatic nitrogens is 3. The third-order valence-corrected chi connectivity index (χ3v) is 5.88. The number of nitrogens with one attached hydrogen (secondary N) is 2. The van der Waals surface area contributed by atoms with Gasteiger partial charge in [-0.25, -0.2) is 17.6 Å². The molecule has 1 aliphatic heterocycles. The molecule has 190 valence electrons. The maximum Gasteiger partial charge on any atom is 0.233 e. The van der Waals surface area contributed by atoms with Crippen LogP contribution < -0.4 is 15.5 Å². The smallest absolute Gasteiger partial charge is 0.233 e. The van der Waals surface area contributed by atoms with Crippen LogP contribution in [0.25, 0.3) is 0 Å². The molecule has 0 spiro atoms. The molecule has 0 atom stereocenters. The molecule has 7 nitrogen and oxygen atoms in total. The first-order chi connectivity index (χ1) is 17.9. The van der Waals surface area contributed by atoms with Crippen molar-refractivity contribution in [3.8, 4) is 0 Å². The minimum Gasteiger partial charge on any atom is -0.338 e. The Kier molecular flexibility index (Phi) is 7.13. The summed E-state index contributed by atoms with van der Waals surface area (Å²) in [6.45, 7) is 3.67. The number of halogens is 4. The highest BCUT2D eigenvalue weighted by molar-refractivity contribution is 5.59. The molecule has 1 aliphatic rings. The zero-order valence-corrected chi connectivity index (χ0v) is 19.6. The topological polar surface area (TPSA) is 69.2 Å². The van der Waals surface area contributed by atoms with E-state index < -0.39 is 23.3 Å². The highest BCUT2D eigenvalue weighted by Crippen LogP contribution is 2.23. The molecule has 2 heterocycles. The van der Waals surface area contributed by atoms with Crippen LogP contribution in [0.3, 0.4) is 0 Å². The van der Waals surface area contributed by atoms with Crippen LogP contribution in [-0.4, -0.2) is 46.0 Å². The van der Waals surface area contributed by atoms with E-state index in [-0.39, 0.29) is 23.3 Å². The number of hydrogen-bond acceptors (Lipinski definition) is 7. The van der Waals surface area contributed by atoms with Crippen LogP contribution in [0, 0.1) is 23.3 Å². The van der Waals surface area contributed by atoms with Gasteiger partial charge in [-0.05, 0) is 29.8 Å². The second-order valence-corrected chi connectivity index (χ2v) is 8.54. The summed E-state index contributed by atoms with van der Waals surface area (Å²) in [4.78, 5) is 17.5. The summed E-state index contributed by atoms with van der Waals surface area (Å²) in [6, 6.07) is 16.9. The van der Waals surface area contributed by atoms with Crippen molar-refractivity contribution in [2.45, 2.75) is 6.54 Å². The molecule has 0 radical (unpaired) electrons. The molecule has 1 aromatic heterocycles. The molecule has 4 aromatic rings. The second kappa shape index (κ2) is 10.8. The quantitative estimate of drug-likeness (QED) is 0.331. The van der Waals surface area contributed by atoms with Gasteiger partial charge in [-0.2, -0.15) is 15.0 Å². The van der Waals surface area contributed by atoms with Gasteiger partial charge in [0.05, 0.1) is 0 Å². The number of benzene rings is 3. The van der Waals surface area contributed by atoms with Crippen molar-refractivity contribution in [2.75, 3.05) is 41.7 Å². The van der Waals surface area contributed by atoms with Gasteiger partial charge in [0.25, 0.3) is 0 Å². The van der Waals surface area contributed by atoms with Gasteiger partial charge >= 0.3 is 0 Å². The second-order valence-electron chi connectivity index (χ2n) is 8.54. The van der Waals surface area contributed by atoms with Crippen molar-refractivity contribution >= 4 is 29.2 Å². The van der Waals surface area contributed by atoms with Gasteiger partial charge in [-0.3, -0.25) is 4.90 Å². The van der Waals surface area contributed by atoms with Gasteiger partial charge in [-0.15, -0.1) is 0 Å². The van der Waals surface area contributed by atoms with Crippen LogP contribution in [0.1, 0.15) is 5.56 Å². The zero-order chi connectivity index (χ0) is 25.8. The Hall–Kier alpha value is -4.25. The summed E-state index contributed by atoms with van der Waals surface area (Å²) in [5, 5.41) is 5.72. The van der Waals surface area contributed by atoms with Crippen molar-refractivity contribution < 1.29 is 17.6 Å². The lowest BCUT2D eigenvalue weighted by atomic mass is 10.2. The standard InChI is InChI=1S/C26H23F4N7/c27-20-8-6-18(14-22(20)29)31-24-33-25(32-19-7-9-21(28)23(30)15-19)35-26(34-24)37-12-10-36(11-13-37)16-17-4-2-1-3-5-17/h1-9,14-15H,10-13,16H2,(H2,31,32,33,34,35). The Morgan fingerprint density at radius 3 is 1.68 bits per heavy atom. The maximum absolute atomic E-state index is 13.7. The number of hydrogen-bond donors (Lipinski definition) is 2. The Labute approximate surface area is 210 Å². The van der Waals surface area contributed by atoms with E-state index in [2.05, 4.69) is 42.6 Å². The number of anilines is 5. The highest BCUT2D eigenvalue weighted by atomic mass is 19.2. The summed E-state index contributed by atoms with van der Waals surface area (Å²) < 4.78 is 54.2. The molecule has 2 N–H and O–H groups in total. The Morgan fingerprint density at radius 1 is 0.622 bits per heavy atom. The zero-order valence-electron chi connectivity index (χ0n) is 19.6. The highest BCUT2D eigenvalue weighted by Gasteiger charge is 2.21. The summed E-state index contributed by atoms with van der Waals surface area (Å²) in [7, 11) is 0. The van der Waals surface area contributed by atoms with Crippen LogP contribution in [0.15, 0.2) is 66.7 Å². The fraction of sp³-hybridized carbons (Fsp3) is 0.192. The van der Waals surface area contributed by atoms with Gasteiger partial charge in [0.1, 0.15) is 0 Å². The molecular weight excluding hydrogens is 486 g/mol. The molecule has 11 heteroatoms. The third-order valence-electron chi connectivity index (χ3n) is 5.88. The van der Waals surface area contributed by atoms with E-state index in [0.29, 0.717) is 19.0 Å². The lowest BCUT2D eigenvalue weighted by molar-refractivity contribution is 0.248. The van der Waals surface area contributed by atoms with E-state index in [9.17, 15) is 17.6 Å². The normalized spacial score (nSPS) is 14.0. The molecule has 37 heavy (non-hydrogen) atoms. The van der Waals surface area contributed by atoms with E-state index in [1.807, 2.05) is 23.1 Å². The molecule has 5 rings (SSSR count). The van der Waals surface area contributed by atoms with Gasteiger partial charge in [0, 0.05) is 56.2 Å². The fourth-order valence-corrected chi connectivity index (χ4v) is 3.97. The van der Waals surface area contributed by atoms with Crippen molar-refractivity contribution in [3.05, 3.63) is 95.6 Å². The SMILES string of the molecule is Fc1ccc(Nc2nc(Nc3ccc(F)c(F)c3)nc(N3CCN(Cc4ccccc4)CC3)n2)cc1F. The predicted octanol–water partition coefficient (Wildman–Crippen LogP) is 5.24. The van der Waals surface area contributed by atoms with Gasteiger partial charge in [0.15, 0.2) is 23.3 Å². The Balaban J connectivity index is 1.37. The number of nitrogens with zero attached hydrogens (tertiary/aromatic N) is 5. The predicted molar refractivity (Wildman–Crippen MR) is 133 cm³/mol.